The molecule has 1 N–H and O–H groups in total. The number of thioether (sulfide) groups is 1. The van der Waals surface area contributed by atoms with E-state index in [0.717, 1.165) is 54.2 Å². The number of nitrogens with one attached hydrogen (secondary N) is 1. The molecule has 0 atom stereocenters. The Morgan fingerprint density at radius 3 is 2.69 bits per heavy atom. The lowest BCUT2D eigenvalue weighted by atomic mass is 10.1. The van der Waals surface area contributed by atoms with Gasteiger partial charge in [-0.1, -0.05) is 41.5 Å². The second-order valence-corrected chi connectivity index (χ2v) is 8.95. The predicted molar refractivity (Wildman–Crippen MR) is 126 cm³/mol. The summed E-state index contributed by atoms with van der Waals surface area (Å²) in [5.74, 6) is 3.08. The molecule has 5 heteroatoms. The predicted octanol–water partition coefficient (Wildman–Crippen LogP) is 5.21. The molecule has 1 aromatic heterocycles. The van der Waals surface area contributed by atoms with E-state index in [0.29, 0.717) is 12.1 Å². The quantitative estimate of drug-likeness (QED) is 0.638. The fourth-order valence-electron chi connectivity index (χ4n) is 3.41. The molecule has 1 aliphatic heterocycles. The van der Waals surface area contributed by atoms with Crippen LogP contribution in [-0.2, 0) is 0 Å². The van der Waals surface area contributed by atoms with Crippen LogP contribution >= 0.6 is 11.8 Å². The fraction of sp³-hybridized carbons (Fsp3) is 0.417. The lowest BCUT2D eigenvalue weighted by molar-refractivity contribution is 0.0959. The first-order valence-electron chi connectivity index (χ1n) is 10.3. The highest BCUT2D eigenvalue weighted by Crippen LogP contribution is 2.25. The van der Waals surface area contributed by atoms with Crippen LogP contribution in [0.3, 0.4) is 0 Å². The van der Waals surface area contributed by atoms with Gasteiger partial charge in [-0.15, -0.1) is 0 Å². The summed E-state index contributed by atoms with van der Waals surface area (Å²) in [7, 11) is 0. The first-order valence-corrected chi connectivity index (χ1v) is 11.5. The van der Waals surface area contributed by atoms with Crippen molar-refractivity contribution in [2.24, 2.45) is 0 Å². The highest BCUT2D eigenvalue weighted by atomic mass is 32.2. The number of carbonyl (C=O) groups excluding carboxylic acids is 1. The first-order chi connectivity index (χ1) is 14.0. The molecule has 3 rings (SSSR count). The van der Waals surface area contributed by atoms with Crippen LogP contribution in [-0.4, -0.2) is 42.0 Å². The maximum absolute atomic E-state index is 13.0. The van der Waals surface area contributed by atoms with Crippen LogP contribution in [0.1, 0.15) is 44.0 Å². The molecule has 0 spiro atoms. The number of anilines is 1. The minimum Gasteiger partial charge on any atom is -0.355 e. The molecular weight excluding hydrogens is 378 g/mol. The van der Waals surface area contributed by atoms with Crippen molar-refractivity contribution in [2.75, 3.05) is 36.0 Å². The van der Waals surface area contributed by atoms with Gasteiger partial charge in [0, 0.05) is 36.5 Å². The van der Waals surface area contributed by atoms with Gasteiger partial charge in [0.15, 0.2) is 0 Å². The number of pyridine rings is 1. The standard InChI is InChI=1S/C24H31N3OS/c1-18(2)7-6-8-19(3)11-12-25-24(28)21-17-23(27-13-15-29-16-14-27)26-22-10-5-4-9-20(21)22/h4-5,7,9-11,17H,6,8,12-16H2,1-3H3,(H,25,28)/b19-11+. The Balaban J connectivity index is 1.73. The molecule has 1 fully saturated rings. The molecule has 4 nitrogen and oxygen atoms in total. The Morgan fingerprint density at radius 2 is 1.93 bits per heavy atom. The summed E-state index contributed by atoms with van der Waals surface area (Å²) >= 11 is 1.97. The molecule has 2 heterocycles. The smallest absolute Gasteiger partial charge is 0.252 e. The van der Waals surface area contributed by atoms with Gasteiger partial charge in [-0.3, -0.25) is 4.79 Å². The molecule has 0 aliphatic carbocycles. The van der Waals surface area contributed by atoms with E-state index < -0.39 is 0 Å². The molecule has 0 saturated carbocycles. The third kappa shape index (κ3) is 6.10. The molecule has 154 valence electrons. The molecule has 1 saturated heterocycles. The van der Waals surface area contributed by atoms with E-state index in [1.165, 1.54) is 11.1 Å². The Kier molecular flexibility index (Phi) is 7.76. The van der Waals surface area contributed by atoms with Crippen molar-refractivity contribution in [3.63, 3.8) is 0 Å². The Labute approximate surface area is 178 Å². The second-order valence-electron chi connectivity index (χ2n) is 7.73. The highest BCUT2D eigenvalue weighted by molar-refractivity contribution is 7.99. The molecule has 0 bridgehead atoms. The Morgan fingerprint density at radius 1 is 1.17 bits per heavy atom. The maximum atomic E-state index is 13.0. The monoisotopic (exact) mass is 409 g/mol. The Hall–Kier alpha value is -2.27. The summed E-state index contributed by atoms with van der Waals surface area (Å²) in [6.45, 7) is 8.87. The molecular formula is C24H31N3OS. The lowest BCUT2D eigenvalue weighted by Crippen LogP contribution is -2.33. The lowest BCUT2D eigenvalue weighted by Gasteiger charge is -2.28. The van der Waals surface area contributed by atoms with E-state index in [4.69, 9.17) is 4.98 Å². The highest BCUT2D eigenvalue weighted by Gasteiger charge is 2.17. The number of para-hydroxylation sites is 1. The van der Waals surface area contributed by atoms with Gasteiger partial charge < -0.3 is 10.2 Å². The third-order valence-corrected chi connectivity index (χ3v) is 6.03. The van der Waals surface area contributed by atoms with E-state index in [-0.39, 0.29) is 5.91 Å². The van der Waals surface area contributed by atoms with E-state index in [1.807, 2.05) is 42.1 Å². The van der Waals surface area contributed by atoms with Crippen molar-refractivity contribution in [2.45, 2.75) is 33.6 Å². The fourth-order valence-corrected chi connectivity index (χ4v) is 4.31. The normalized spacial score (nSPS) is 14.7. The number of hydrogen-bond donors (Lipinski definition) is 1. The minimum absolute atomic E-state index is 0.0374. The van der Waals surface area contributed by atoms with Gasteiger partial charge in [-0.2, -0.15) is 11.8 Å². The molecule has 2 aromatic rings. The number of amides is 1. The van der Waals surface area contributed by atoms with Crippen LogP contribution in [0.5, 0.6) is 0 Å². The van der Waals surface area contributed by atoms with Crippen molar-refractivity contribution < 1.29 is 4.79 Å². The van der Waals surface area contributed by atoms with E-state index in [2.05, 4.69) is 43.1 Å². The number of benzene rings is 1. The first kappa shape index (κ1) is 21.4. The van der Waals surface area contributed by atoms with Crippen molar-refractivity contribution in [1.29, 1.82) is 0 Å². The average Bonchev–Trinajstić information content (AvgIpc) is 2.73. The topological polar surface area (TPSA) is 45.2 Å². The second kappa shape index (κ2) is 10.5. The van der Waals surface area contributed by atoms with Crippen LogP contribution in [0.4, 0.5) is 5.82 Å². The number of aromatic nitrogens is 1. The summed E-state index contributed by atoms with van der Waals surface area (Å²) in [6, 6.07) is 9.87. The molecule has 1 aromatic carbocycles. The van der Waals surface area contributed by atoms with Crippen LogP contribution in [0.2, 0.25) is 0 Å². The number of fused-ring (bicyclic) bond motifs is 1. The van der Waals surface area contributed by atoms with Gasteiger partial charge in [0.05, 0.1) is 11.1 Å². The summed E-state index contributed by atoms with van der Waals surface area (Å²) in [6.07, 6.45) is 6.43. The molecule has 1 amide bonds. The van der Waals surface area contributed by atoms with Crippen LogP contribution in [0.15, 0.2) is 53.6 Å². The van der Waals surface area contributed by atoms with Crippen molar-refractivity contribution in [1.82, 2.24) is 10.3 Å². The summed E-state index contributed by atoms with van der Waals surface area (Å²) in [4.78, 5) is 20.1. The molecule has 1 aliphatic rings. The van der Waals surface area contributed by atoms with Crippen molar-refractivity contribution >= 4 is 34.4 Å². The number of carbonyl (C=O) groups is 1. The minimum atomic E-state index is -0.0374. The largest absolute Gasteiger partial charge is 0.355 e. The third-order valence-electron chi connectivity index (χ3n) is 5.09. The van der Waals surface area contributed by atoms with E-state index in [1.54, 1.807) is 0 Å². The van der Waals surface area contributed by atoms with Gasteiger partial charge >= 0.3 is 0 Å². The average molecular weight is 410 g/mol. The van der Waals surface area contributed by atoms with Gasteiger partial charge in [-0.25, -0.2) is 4.98 Å². The summed E-state index contributed by atoms with van der Waals surface area (Å²) in [5.41, 5.74) is 4.23. The van der Waals surface area contributed by atoms with Crippen LogP contribution < -0.4 is 10.2 Å². The molecule has 0 radical (unpaired) electrons. The summed E-state index contributed by atoms with van der Waals surface area (Å²) in [5, 5.41) is 3.98. The van der Waals surface area contributed by atoms with Gasteiger partial charge in [0.2, 0.25) is 0 Å². The SMILES string of the molecule is CC(C)=CCC/C(C)=C/CNC(=O)c1cc(N2CCSCC2)nc2ccccc12. The van der Waals surface area contributed by atoms with Crippen LogP contribution in [0.25, 0.3) is 10.9 Å². The van der Waals surface area contributed by atoms with E-state index >= 15 is 0 Å². The van der Waals surface area contributed by atoms with Gasteiger partial charge in [0.25, 0.3) is 5.91 Å². The van der Waals surface area contributed by atoms with Gasteiger partial charge in [0.1, 0.15) is 5.82 Å². The number of allylic oxidation sites excluding steroid dienone is 3. The number of rotatable bonds is 7. The summed E-state index contributed by atoms with van der Waals surface area (Å²) < 4.78 is 0. The van der Waals surface area contributed by atoms with Crippen molar-refractivity contribution in [3.8, 4) is 0 Å². The number of hydrogen-bond acceptors (Lipinski definition) is 4. The zero-order valence-electron chi connectivity index (χ0n) is 17.7. The number of nitrogens with zero attached hydrogens (tertiary/aromatic N) is 2. The molecule has 29 heavy (non-hydrogen) atoms. The zero-order valence-corrected chi connectivity index (χ0v) is 18.5. The molecule has 0 unspecified atom stereocenters. The Bertz CT molecular complexity index is 909. The maximum Gasteiger partial charge on any atom is 0.252 e. The van der Waals surface area contributed by atoms with Crippen molar-refractivity contribution in [3.05, 3.63) is 59.2 Å². The van der Waals surface area contributed by atoms with E-state index in [9.17, 15) is 4.79 Å². The van der Waals surface area contributed by atoms with Crippen LogP contribution in [0, 0.1) is 0 Å². The van der Waals surface area contributed by atoms with Gasteiger partial charge in [-0.05, 0) is 45.7 Å². The zero-order chi connectivity index (χ0) is 20.6.